The van der Waals surface area contributed by atoms with Crippen LogP contribution in [0.15, 0.2) is 90.5 Å². The van der Waals surface area contributed by atoms with E-state index in [1.807, 2.05) is 12.1 Å². The molecule has 1 aliphatic rings. The van der Waals surface area contributed by atoms with E-state index in [1.165, 1.54) is 12.1 Å². The van der Waals surface area contributed by atoms with Crippen LogP contribution in [0.25, 0.3) is 16.8 Å². The van der Waals surface area contributed by atoms with Gasteiger partial charge < -0.3 is 4.74 Å². The summed E-state index contributed by atoms with van der Waals surface area (Å²) >= 11 is 6.17. The van der Waals surface area contributed by atoms with Gasteiger partial charge in [0.1, 0.15) is 17.9 Å². The minimum absolute atomic E-state index is 0.172. The Morgan fingerprint density at radius 1 is 0.889 bits per heavy atom. The van der Waals surface area contributed by atoms with Crippen molar-refractivity contribution in [1.29, 1.82) is 0 Å². The third-order valence-electron chi connectivity index (χ3n) is 6.04. The molecule has 1 saturated heterocycles. The monoisotopic (exact) mass is 496 g/mol. The number of imide groups is 2. The zero-order valence-electron chi connectivity index (χ0n) is 19.3. The molecule has 0 aliphatic carbocycles. The molecule has 6 nitrogen and oxygen atoms in total. The predicted molar refractivity (Wildman–Crippen MR) is 140 cm³/mol. The van der Waals surface area contributed by atoms with Crippen LogP contribution in [0.2, 0.25) is 5.02 Å². The summed E-state index contributed by atoms with van der Waals surface area (Å²) in [7, 11) is 0. The van der Waals surface area contributed by atoms with Crippen LogP contribution in [0, 0.1) is 6.92 Å². The first-order valence-electron chi connectivity index (χ1n) is 11.3. The van der Waals surface area contributed by atoms with Gasteiger partial charge in [-0.3, -0.25) is 14.9 Å². The molecule has 0 atom stereocenters. The van der Waals surface area contributed by atoms with Gasteiger partial charge in [0.05, 0.1) is 10.7 Å². The molecule has 7 heteroatoms. The Hall–Kier alpha value is -4.42. The Balaban J connectivity index is 1.36. The van der Waals surface area contributed by atoms with Gasteiger partial charge in [-0.1, -0.05) is 72.3 Å². The number of anilines is 1. The van der Waals surface area contributed by atoms with Crippen molar-refractivity contribution < 1.29 is 19.1 Å². The lowest BCUT2D eigenvalue weighted by molar-refractivity contribution is -0.122. The summed E-state index contributed by atoms with van der Waals surface area (Å²) < 4.78 is 6.04. The average molecular weight is 497 g/mol. The number of nitrogens with zero attached hydrogens (tertiary/aromatic N) is 1. The van der Waals surface area contributed by atoms with Gasteiger partial charge in [-0.05, 0) is 59.2 Å². The van der Waals surface area contributed by atoms with E-state index < -0.39 is 17.8 Å². The van der Waals surface area contributed by atoms with Crippen LogP contribution < -0.4 is 15.0 Å². The molecular weight excluding hydrogens is 476 g/mol. The van der Waals surface area contributed by atoms with Crippen LogP contribution in [0.4, 0.5) is 10.5 Å². The molecular formula is C29H21ClN2O4. The van der Waals surface area contributed by atoms with Gasteiger partial charge >= 0.3 is 6.03 Å². The number of hydrogen-bond donors (Lipinski definition) is 1. The maximum atomic E-state index is 13.1. The molecule has 0 bridgehead atoms. The number of halogens is 1. The number of fused-ring (bicyclic) bond motifs is 1. The number of barbiturate groups is 1. The number of aryl methyl sites for hydroxylation is 1. The fraction of sp³-hybridized carbons (Fsp3) is 0.0690. The van der Waals surface area contributed by atoms with Crippen molar-refractivity contribution in [3.05, 3.63) is 112 Å². The molecule has 1 heterocycles. The lowest BCUT2D eigenvalue weighted by Gasteiger charge is -2.27. The van der Waals surface area contributed by atoms with Gasteiger partial charge in [-0.15, -0.1) is 0 Å². The molecule has 36 heavy (non-hydrogen) atoms. The number of hydrogen-bond acceptors (Lipinski definition) is 4. The number of carbonyl (C=O) groups excluding carboxylic acids is 3. The summed E-state index contributed by atoms with van der Waals surface area (Å²) in [4.78, 5) is 38.7. The number of urea groups is 1. The summed E-state index contributed by atoms with van der Waals surface area (Å²) in [5.41, 5.74) is 2.90. The molecule has 0 aromatic heterocycles. The second-order valence-electron chi connectivity index (χ2n) is 8.35. The van der Waals surface area contributed by atoms with Crippen LogP contribution >= 0.6 is 11.6 Å². The highest BCUT2D eigenvalue weighted by Gasteiger charge is 2.37. The fourth-order valence-electron chi connectivity index (χ4n) is 4.13. The molecule has 1 N–H and O–H groups in total. The van der Waals surface area contributed by atoms with Crippen LogP contribution in [0.1, 0.15) is 16.7 Å². The second-order valence-corrected chi connectivity index (χ2v) is 8.76. The Kier molecular flexibility index (Phi) is 6.27. The molecule has 5 rings (SSSR count). The van der Waals surface area contributed by atoms with E-state index in [0.717, 1.165) is 26.8 Å². The Labute approximate surface area is 212 Å². The van der Waals surface area contributed by atoms with Crippen molar-refractivity contribution in [2.45, 2.75) is 13.5 Å². The lowest BCUT2D eigenvalue weighted by Crippen LogP contribution is -2.54. The van der Waals surface area contributed by atoms with E-state index in [-0.39, 0.29) is 16.3 Å². The van der Waals surface area contributed by atoms with E-state index >= 15 is 0 Å². The van der Waals surface area contributed by atoms with Crippen molar-refractivity contribution in [3.63, 3.8) is 0 Å². The Morgan fingerprint density at radius 2 is 1.61 bits per heavy atom. The van der Waals surface area contributed by atoms with Crippen molar-refractivity contribution in [2.75, 3.05) is 4.90 Å². The van der Waals surface area contributed by atoms with Gasteiger partial charge in [-0.25, -0.2) is 9.69 Å². The zero-order chi connectivity index (χ0) is 25.2. The first kappa shape index (κ1) is 23.3. The van der Waals surface area contributed by atoms with E-state index in [4.69, 9.17) is 16.3 Å². The SMILES string of the molecule is Cc1ccc2ccccc2c1COc1ccc(/C=C2\C(=O)NC(=O)N(c3ccccc3Cl)C2=O)cc1. The summed E-state index contributed by atoms with van der Waals surface area (Å²) in [5.74, 6) is -0.861. The van der Waals surface area contributed by atoms with Crippen molar-refractivity contribution in [1.82, 2.24) is 5.32 Å². The summed E-state index contributed by atoms with van der Waals surface area (Å²) in [6.45, 7) is 2.47. The number of para-hydroxylation sites is 1. The molecule has 0 unspecified atom stereocenters. The van der Waals surface area contributed by atoms with E-state index in [1.54, 1.807) is 42.5 Å². The third-order valence-corrected chi connectivity index (χ3v) is 6.36. The number of carbonyl (C=O) groups is 3. The highest BCUT2D eigenvalue weighted by Crippen LogP contribution is 2.29. The molecule has 1 fully saturated rings. The first-order valence-corrected chi connectivity index (χ1v) is 11.7. The molecule has 4 aromatic rings. The van der Waals surface area contributed by atoms with Gasteiger partial charge in [0, 0.05) is 5.56 Å². The first-order chi connectivity index (χ1) is 17.4. The fourth-order valence-corrected chi connectivity index (χ4v) is 4.35. The van der Waals surface area contributed by atoms with Crippen molar-refractivity contribution in [3.8, 4) is 5.75 Å². The topological polar surface area (TPSA) is 75.7 Å². The molecule has 1 aliphatic heterocycles. The minimum Gasteiger partial charge on any atom is -0.489 e. The highest BCUT2D eigenvalue weighted by atomic mass is 35.5. The molecule has 178 valence electrons. The maximum absolute atomic E-state index is 13.1. The summed E-state index contributed by atoms with van der Waals surface area (Å²) in [5, 5.41) is 4.73. The number of rotatable bonds is 5. The van der Waals surface area contributed by atoms with Crippen LogP contribution in [0.5, 0.6) is 5.75 Å². The van der Waals surface area contributed by atoms with E-state index in [0.29, 0.717) is 17.9 Å². The maximum Gasteiger partial charge on any atom is 0.335 e. The molecule has 0 spiro atoms. The molecule has 0 saturated carbocycles. The van der Waals surface area contributed by atoms with Gasteiger partial charge in [0.15, 0.2) is 0 Å². The molecule has 4 amide bonds. The quantitative estimate of drug-likeness (QED) is 0.270. The van der Waals surface area contributed by atoms with Gasteiger partial charge in [-0.2, -0.15) is 0 Å². The average Bonchev–Trinajstić information content (AvgIpc) is 2.88. The largest absolute Gasteiger partial charge is 0.489 e. The normalized spacial score (nSPS) is 14.9. The van der Waals surface area contributed by atoms with Crippen LogP contribution in [-0.2, 0) is 16.2 Å². The van der Waals surface area contributed by atoms with Crippen LogP contribution in [-0.4, -0.2) is 17.8 Å². The summed E-state index contributed by atoms with van der Waals surface area (Å²) in [6.07, 6.45) is 1.44. The molecule has 0 radical (unpaired) electrons. The van der Waals surface area contributed by atoms with E-state index in [2.05, 4.69) is 36.5 Å². The third kappa shape index (κ3) is 4.46. The lowest BCUT2D eigenvalue weighted by atomic mass is 10.0. The smallest absolute Gasteiger partial charge is 0.335 e. The number of benzene rings is 4. The standard InChI is InChI=1S/C29H21ClN2O4/c1-18-10-13-20-6-2-3-7-22(20)24(18)17-36-21-14-11-19(12-15-21)16-23-27(33)31-29(35)32(28(23)34)26-9-5-4-8-25(26)30/h2-16H,17H2,1H3,(H,31,33,35)/b23-16+. The Bertz CT molecular complexity index is 1540. The number of amides is 4. The molecule has 4 aromatic carbocycles. The Morgan fingerprint density at radius 3 is 2.39 bits per heavy atom. The minimum atomic E-state index is -0.845. The van der Waals surface area contributed by atoms with Crippen molar-refractivity contribution >= 4 is 52.0 Å². The van der Waals surface area contributed by atoms with E-state index in [9.17, 15) is 14.4 Å². The number of ether oxygens (including phenoxy) is 1. The van der Waals surface area contributed by atoms with Gasteiger partial charge in [0.2, 0.25) is 0 Å². The van der Waals surface area contributed by atoms with Gasteiger partial charge in [0.25, 0.3) is 11.8 Å². The highest BCUT2D eigenvalue weighted by molar-refractivity contribution is 6.42. The zero-order valence-corrected chi connectivity index (χ0v) is 20.1. The number of nitrogens with one attached hydrogen (secondary N) is 1. The van der Waals surface area contributed by atoms with Crippen LogP contribution in [0.3, 0.4) is 0 Å². The summed E-state index contributed by atoms with van der Waals surface area (Å²) in [6, 6.07) is 25.0. The second kappa shape index (κ2) is 9.68. The predicted octanol–water partition coefficient (Wildman–Crippen LogP) is 6.05. The van der Waals surface area contributed by atoms with Crippen molar-refractivity contribution in [2.24, 2.45) is 0 Å².